The SMILES string of the molecule is COCCCNC(=O)C1(c2ccccc2)CC1. The van der Waals surface area contributed by atoms with Crippen LogP contribution in [0.15, 0.2) is 30.3 Å². The summed E-state index contributed by atoms with van der Waals surface area (Å²) in [6, 6.07) is 10.1. The lowest BCUT2D eigenvalue weighted by Crippen LogP contribution is -2.35. The molecule has 1 N–H and O–H groups in total. The first-order chi connectivity index (χ1) is 8.29. The molecule has 0 unspecified atom stereocenters. The molecule has 1 aliphatic rings. The Hall–Kier alpha value is -1.35. The molecule has 92 valence electrons. The molecule has 3 heteroatoms. The van der Waals surface area contributed by atoms with E-state index in [4.69, 9.17) is 4.74 Å². The van der Waals surface area contributed by atoms with E-state index >= 15 is 0 Å². The van der Waals surface area contributed by atoms with Gasteiger partial charge in [-0.25, -0.2) is 0 Å². The lowest BCUT2D eigenvalue weighted by Gasteiger charge is -2.15. The largest absolute Gasteiger partial charge is 0.385 e. The minimum atomic E-state index is -0.242. The fourth-order valence-corrected chi connectivity index (χ4v) is 2.12. The van der Waals surface area contributed by atoms with Crippen molar-refractivity contribution in [3.05, 3.63) is 35.9 Å². The highest BCUT2D eigenvalue weighted by Crippen LogP contribution is 2.48. The third-order valence-electron chi connectivity index (χ3n) is 3.32. The maximum Gasteiger partial charge on any atom is 0.230 e. The maximum atomic E-state index is 12.1. The van der Waals surface area contributed by atoms with Gasteiger partial charge in [0.15, 0.2) is 0 Å². The topological polar surface area (TPSA) is 38.3 Å². The van der Waals surface area contributed by atoms with Gasteiger partial charge in [0.05, 0.1) is 5.41 Å². The number of nitrogens with one attached hydrogen (secondary N) is 1. The van der Waals surface area contributed by atoms with Crippen LogP contribution in [-0.2, 0) is 14.9 Å². The van der Waals surface area contributed by atoms with Crippen LogP contribution >= 0.6 is 0 Å². The van der Waals surface area contributed by atoms with Crippen LogP contribution in [0, 0.1) is 0 Å². The summed E-state index contributed by atoms with van der Waals surface area (Å²) < 4.78 is 4.96. The molecule has 1 saturated carbocycles. The first kappa shape index (κ1) is 12.1. The van der Waals surface area contributed by atoms with Crippen molar-refractivity contribution in [1.82, 2.24) is 5.32 Å². The second-order valence-electron chi connectivity index (χ2n) is 4.55. The average Bonchev–Trinajstić information content (AvgIpc) is 3.17. The van der Waals surface area contributed by atoms with Crippen molar-refractivity contribution in [3.63, 3.8) is 0 Å². The molecule has 3 nitrogen and oxygen atoms in total. The Balaban J connectivity index is 1.91. The summed E-state index contributed by atoms with van der Waals surface area (Å²) in [5.74, 6) is 0.166. The van der Waals surface area contributed by atoms with Crippen molar-refractivity contribution in [2.24, 2.45) is 0 Å². The zero-order chi connectivity index (χ0) is 12.1. The van der Waals surface area contributed by atoms with Crippen LogP contribution in [-0.4, -0.2) is 26.2 Å². The number of benzene rings is 1. The molecule has 1 fully saturated rings. The lowest BCUT2D eigenvalue weighted by molar-refractivity contribution is -0.123. The van der Waals surface area contributed by atoms with Crippen molar-refractivity contribution in [3.8, 4) is 0 Å². The summed E-state index contributed by atoms with van der Waals surface area (Å²) >= 11 is 0. The summed E-state index contributed by atoms with van der Waals surface area (Å²) in [6.45, 7) is 1.39. The minimum absolute atomic E-state index is 0.166. The molecule has 0 atom stereocenters. The Morgan fingerprint density at radius 1 is 1.35 bits per heavy atom. The first-order valence-corrected chi connectivity index (χ1v) is 6.12. The second kappa shape index (κ2) is 5.32. The average molecular weight is 233 g/mol. The predicted octanol–water partition coefficient (Wildman–Crippen LogP) is 1.87. The van der Waals surface area contributed by atoms with Crippen LogP contribution < -0.4 is 5.32 Å². The molecular weight excluding hydrogens is 214 g/mol. The van der Waals surface area contributed by atoms with Crippen LogP contribution in [0.25, 0.3) is 0 Å². The minimum Gasteiger partial charge on any atom is -0.385 e. The summed E-state index contributed by atoms with van der Waals surface area (Å²) in [5.41, 5.74) is 0.901. The molecular formula is C14H19NO2. The molecule has 2 rings (SSSR count). The van der Waals surface area contributed by atoms with Crippen LogP contribution in [0.4, 0.5) is 0 Å². The number of ether oxygens (including phenoxy) is 1. The number of carbonyl (C=O) groups is 1. The van der Waals surface area contributed by atoms with E-state index in [1.165, 1.54) is 0 Å². The summed E-state index contributed by atoms with van der Waals surface area (Å²) in [6.07, 6.45) is 2.80. The molecule has 17 heavy (non-hydrogen) atoms. The van der Waals surface area contributed by atoms with Gasteiger partial charge in [0.2, 0.25) is 5.91 Å². The molecule has 1 aliphatic carbocycles. The van der Waals surface area contributed by atoms with Gasteiger partial charge in [0.1, 0.15) is 0 Å². The fourth-order valence-electron chi connectivity index (χ4n) is 2.12. The summed E-state index contributed by atoms with van der Waals surface area (Å²) in [7, 11) is 1.67. The molecule has 1 amide bonds. The van der Waals surface area contributed by atoms with Crippen LogP contribution in [0.5, 0.6) is 0 Å². The number of methoxy groups -OCH3 is 1. The van der Waals surface area contributed by atoms with Crippen LogP contribution in [0.1, 0.15) is 24.8 Å². The van der Waals surface area contributed by atoms with Gasteiger partial charge in [-0.2, -0.15) is 0 Å². The van der Waals surface area contributed by atoms with Gasteiger partial charge in [-0.1, -0.05) is 30.3 Å². The molecule has 0 saturated heterocycles. The van der Waals surface area contributed by atoms with E-state index in [9.17, 15) is 4.79 Å². The highest BCUT2D eigenvalue weighted by atomic mass is 16.5. The van der Waals surface area contributed by atoms with E-state index in [1.807, 2.05) is 30.3 Å². The normalized spacial score (nSPS) is 16.5. The van der Waals surface area contributed by atoms with E-state index in [1.54, 1.807) is 7.11 Å². The molecule has 0 aromatic heterocycles. The van der Waals surface area contributed by atoms with Crippen LogP contribution in [0.2, 0.25) is 0 Å². The third-order valence-corrected chi connectivity index (χ3v) is 3.32. The van der Waals surface area contributed by atoms with E-state index in [0.717, 1.165) is 24.8 Å². The van der Waals surface area contributed by atoms with Gasteiger partial charge in [-0.3, -0.25) is 4.79 Å². The van der Waals surface area contributed by atoms with Gasteiger partial charge in [-0.15, -0.1) is 0 Å². The summed E-state index contributed by atoms with van der Waals surface area (Å²) in [4.78, 5) is 12.1. The van der Waals surface area contributed by atoms with Gasteiger partial charge < -0.3 is 10.1 Å². The van der Waals surface area contributed by atoms with E-state index in [0.29, 0.717) is 13.2 Å². The van der Waals surface area contributed by atoms with Gasteiger partial charge in [0.25, 0.3) is 0 Å². The number of hydrogen-bond acceptors (Lipinski definition) is 2. The molecule has 0 spiro atoms. The van der Waals surface area contributed by atoms with E-state index < -0.39 is 0 Å². The highest BCUT2D eigenvalue weighted by Gasteiger charge is 2.50. The Morgan fingerprint density at radius 3 is 2.65 bits per heavy atom. The number of rotatable bonds is 6. The Bertz CT molecular complexity index is 371. The standard InChI is InChI=1S/C14H19NO2/c1-17-11-5-10-15-13(16)14(8-9-14)12-6-3-2-4-7-12/h2-4,6-7H,5,8-11H2,1H3,(H,15,16). The predicted molar refractivity (Wildman–Crippen MR) is 66.9 cm³/mol. The molecule has 1 aromatic rings. The molecule has 1 aromatic carbocycles. The Kier molecular flexibility index (Phi) is 3.79. The third kappa shape index (κ3) is 2.67. The molecule has 0 heterocycles. The van der Waals surface area contributed by atoms with Crippen molar-refractivity contribution in [2.75, 3.05) is 20.3 Å². The first-order valence-electron chi connectivity index (χ1n) is 6.12. The monoisotopic (exact) mass is 233 g/mol. The number of amides is 1. The van der Waals surface area contributed by atoms with Crippen molar-refractivity contribution < 1.29 is 9.53 Å². The second-order valence-corrected chi connectivity index (χ2v) is 4.55. The molecule has 0 bridgehead atoms. The Labute approximate surface area is 102 Å². The smallest absolute Gasteiger partial charge is 0.230 e. The van der Waals surface area contributed by atoms with Crippen molar-refractivity contribution >= 4 is 5.91 Å². The van der Waals surface area contributed by atoms with E-state index in [-0.39, 0.29) is 11.3 Å². The molecule has 0 radical (unpaired) electrons. The van der Waals surface area contributed by atoms with Gasteiger partial charge >= 0.3 is 0 Å². The fraction of sp³-hybridized carbons (Fsp3) is 0.500. The zero-order valence-electron chi connectivity index (χ0n) is 10.2. The number of carbonyl (C=O) groups excluding carboxylic acids is 1. The van der Waals surface area contributed by atoms with Crippen molar-refractivity contribution in [1.29, 1.82) is 0 Å². The highest BCUT2D eigenvalue weighted by molar-refractivity contribution is 5.91. The van der Waals surface area contributed by atoms with Gasteiger partial charge in [-0.05, 0) is 24.8 Å². The maximum absolute atomic E-state index is 12.1. The number of hydrogen-bond donors (Lipinski definition) is 1. The Morgan fingerprint density at radius 2 is 2.06 bits per heavy atom. The quantitative estimate of drug-likeness (QED) is 0.762. The lowest BCUT2D eigenvalue weighted by atomic mass is 9.95. The van der Waals surface area contributed by atoms with Crippen LogP contribution in [0.3, 0.4) is 0 Å². The zero-order valence-corrected chi connectivity index (χ0v) is 10.2. The van der Waals surface area contributed by atoms with E-state index in [2.05, 4.69) is 5.32 Å². The summed E-state index contributed by atoms with van der Waals surface area (Å²) in [5, 5.41) is 3.00. The van der Waals surface area contributed by atoms with Gasteiger partial charge in [0, 0.05) is 20.3 Å². The van der Waals surface area contributed by atoms with Crippen molar-refractivity contribution in [2.45, 2.75) is 24.7 Å². The molecule has 0 aliphatic heterocycles.